The Bertz CT molecular complexity index is 1800. The van der Waals surface area contributed by atoms with E-state index in [0.717, 1.165) is 25.5 Å². The van der Waals surface area contributed by atoms with Gasteiger partial charge < -0.3 is 19.7 Å². The molecule has 11 heteroatoms. The Morgan fingerprint density at radius 2 is 1.56 bits per heavy atom. The summed E-state index contributed by atoms with van der Waals surface area (Å²) in [5, 5.41) is 3.05. The summed E-state index contributed by atoms with van der Waals surface area (Å²) >= 11 is 3.51. The molecule has 0 fully saturated rings. The molecule has 9 nitrogen and oxygen atoms in total. The molecule has 2 atom stereocenters. The van der Waals surface area contributed by atoms with E-state index in [9.17, 15) is 18.0 Å². The average Bonchev–Trinajstić information content (AvgIpc) is 3.08. The molecule has 0 bridgehead atoms. The smallest absolute Gasteiger partial charge is 0.264 e. The van der Waals surface area contributed by atoms with Crippen LogP contribution in [0.3, 0.4) is 0 Å². The number of methoxy groups -OCH3 is 2. The van der Waals surface area contributed by atoms with Crippen molar-refractivity contribution >= 4 is 43.5 Å². The fraction of sp³-hybridized carbons (Fsp3) is 0.297. The van der Waals surface area contributed by atoms with Gasteiger partial charge in [0.15, 0.2) is 0 Å². The van der Waals surface area contributed by atoms with Gasteiger partial charge in [-0.3, -0.25) is 13.9 Å². The van der Waals surface area contributed by atoms with Crippen LogP contribution in [0.25, 0.3) is 0 Å². The van der Waals surface area contributed by atoms with Crippen molar-refractivity contribution in [2.75, 3.05) is 25.1 Å². The lowest BCUT2D eigenvalue weighted by Gasteiger charge is -2.34. The Morgan fingerprint density at radius 3 is 2.19 bits per heavy atom. The van der Waals surface area contributed by atoms with Crippen LogP contribution < -0.4 is 19.1 Å². The summed E-state index contributed by atoms with van der Waals surface area (Å²) in [7, 11) is -1.42. The third kappa shape index (κ3) is 9.17. The third-order valence-electron chi connectivity index (χ3n) is 8.06. The molecule has 0 aliphatic carbocycles. The molecular formula is C37H42BrN3O6S. The Morgan fingerprint density at radius 1 is 0.875 bits per heavy atom. The van der Waals surface area contributed by atoms with Gasteiger partial charge in [0, 0.05) is 29.5 Å². The summed E-state index contributed by atoms with van der Waals surface area (Å²) in [6.45, 7) is 5.17. The van der Waals surface area contributed by atoms with Gasteiger partial charge in [-0.25, -0.2) is 8.42 Å². The van der Waals surface area contributed by atoms with E-state index in [0.29, 0.717) is 12.2 Å². The van der Waals surface area contributed by atoms with Gasteiger partial charge in [-0.15, -0.1) is 0 Å². The second-order valence-corrected chi connectivity index (χ2v) is 14.3. The number of halogens is 1. The SMILES string of the molecule is CC[C@@H](C)NC(=O)[C@H](Cc1ccccc1)N(Cc1cccc(Br)c1)C(=O)CN(c1cc(OC)ccc1OC)S(=O)(=O)c1ccc(C)cc1. The van der Waals surface area contributed by atoms with Gasteiger partial charge >= 0.3 is 0 Å². The number of rotatable bonds is 15. The lowest BCUT2D eigenvalue weighted by Crippen LogP contribution is -2.54. The first-order valence-corrected chi connectivity index (χ1v) is 17.9. The largest absolute Gasteiger partial charge is 0.497 e. The standard InChI is InChI=1S/C37H42BrN3O6S/c1-6-27(3)39-37(43)34(22-28-11-8-7-9-12-28)40(24-29-13-10-14-30(38)21-29)36(42)25-41(33-23-31(46-4)17-20-35(33)47-5)48(44,45)32-18-15-26(2)16-19-32/h7-21,23,27,34H,6,22,24-25H2,1-5H3,(H,39,43)/t27-,34+/m1/s1. The molecule has 4 aromatic carbocycles. The maximum atomic E-state index is 14.7. The normalized spacial score (nSPS) is 12.5. The van der Waals surface area contributed by atoms with Crippen LogP contribution >= 0.6 is 15.9 Å². The summed E-state index contributed by atoms with van der Waals surface area (Å²) in [4.78, 5) is 30.2. The molecule has 0 saturated heterocycles. The van der Waals surface area contributed by atoms with Gasteiger partial charge in [0.1, 0.15) is 24.1 Å². The summed E-state index contributed by atoms with van der Waals surface area (Å²) in [5.74, 6) is -0.296. The van der Waals surface area contributed by atoms with Gasteiger partial charge in [-0.05, 0) is 67.8 Å². The molecule has 254 valence electrons. The molecule has 0 saturated carbocycles. The monoisotopic (exact) mass is 735 g/mol. The Balaban J connectivity index is 1.87. The Hall–Kier alpha value is -4.35. The lowest BCUT2D eigenvalue weighted by atomic mass is 10.0. The number of hydrogen-bond donors (Lipinski definition) is 1. The van der Waals surface area contributed by atoms with Gasteiger partial charge in [0.05, 0.1) is 24.8 Å². The quantitative estimate of drug-likeness (QED) is 0.149. The van der Waals surface area contributed by atoms with Crippen molar-refractivity contribution in [1.82, 2.24) is 10.2 Å². The number of carbonyl (C=O) groups is 2. The first-order valence-electron chi connectivity index (χ1n) is 15.7. The van der Waals surface area contributed by atoms with Crippen molar-refractivity contribution in [3.05, 3.63) is 118 Å². The van der Waals surface area contributed by atoms with Crippen molar-refractivity contribution < 1.29 is 27.5 Å². The summed E-state index contributed by atoms with van der Waals surface area (Å²) < 4.78 is 41.7. The van der Waals surface area contributed by atoms with Gasteiger partial charge in [-0.1, -0.05) is 83.0 Å². The number of anilines is 1. The predicted octanol–water partition coefficient (Wildman–Crippen LogP) is 6.52. The molecule has 1 N–H and O–H groups in total. The lowest BCUT2D eigenvalue weighted by molar-refractivity contribution is -0.140. The molecule has 0 unspecified atom stereocenters. The van der Waals surface area contributed by atoms with Crippen LogP contribution in [0.4, 0.5) is 5.69 Å². The zero-order chi connectivity index (χ0) is 34.8. The molecule has 0 heterocycles. The van der Waals surface area contributed by atoms with Crippen molar-refractivity contribution in [2.45, 2.75) is 57.1 Å². The minimum Gasteiger partial charge on any atom is -0.497 e. The first-order chi connectivity index (χ1) is 23.0. The van der Waals surface area contributed by atoms with E-state index in [1.54, 1.807) is 24.3 Å². The summed E-state index contributed by atoms with van der Waals surface area (Å²) in [6, 6.07) is 27.0. The second-order valence-electron chi connectivity index (χ2n) is 11.5. The fourth-order valence-electron chi connectivity index (χ4n) is 5.17. The van der Waals surface area contributed by atoms with E-state index in [4.69, 9.17) is 9.47 Å². The van der Waals surface area contributed by atoms with Crippen molar-refractivity contribution in [3.8, 4) is 11.5 Å². The number of sulfonamides is 1. The highest BCUT2D eigenvalue weighted by atomic mass is 79.9. The van der Waals surface area contributed by atoms with Crippen LogP contribution in [-0.4, -0.2) is 58.0 Å². The fourth-order valence-corrected chi connectivity index (χ4v) is 7.03. The number of amides is 2. The van der Waals surface area contributed by atoms with Gasteiger partial charge in [0.25, 0.3) is 10.0 Å². The number of aryl methyl sites for hydroxylation is 1. The number of benzene rings is 4. The highest BCUT2D eigenvalue weighted by Crippen LogP contribution is 2.36. The summed E-state index contributed by atoms with van der Waals surface area (Å²) in [5.41, 5.74) is 2.62. The maximum absolute atomic E-state index is 14.7. The topological polar surface area (TPSA) is 105 Å². The highest BCUT2D eigenvalue weighted by Gasteiger charge is 2.36. The van der Waals surface area contributed by atoms with E-state index >= 15 is 0 Å². The number of nitrogens with zero attached hydrogens (tertiary/aromatic N) is 2. The molecule has 0 aliphatic heterocycles. The van der Waals surface area contributed by atoms with Crippen molar-refractivity contribution in [2.24, 2.45) is 0 Å². The highest BCUT2D eigenvalue weighted by molar-refractivity contribution is 9.10. The van der Waals surface area contributed by atoms with Crippen LogP contribution in [0.1, 0.15) is 37.0 Å². The summed E-state index contributed by atoms with van der Waals surface area (Å²) in [6.07, 6.45) is 0.914. The molecule has 0 spiro atoms. The van der Waals surface area contributed by atoms with Gasteiger partial charge in [0.2, 0.25) is 11.8 Å². The number of ether oxygens (including phenoxy) is 2. The number of carbonyl (C=O) groups excluding carboxylic acids is 2. The second kappa shape index (κ2) is 16.7. The number of hydrogen-bond acceptors (Lipinski definition) is 6. The van der Waals surface area contributed by atoms with Crippen LogP contribution in [-0.2, 0) is 32.6 Å². The van der Waals surface area contributed by atoms with Crippen molar-refractivity contribution in [3.63, 3.8) is 0 Å². The minimum absolute atomic E-state index is 0.000313. The zero-order valence-corrected chi connectivity index (χ0v) is 30.3. The van der Waals surface area contributed by atoms with E-state index in [-0.39, 0.29) is 41.2 Å². The van der Waals surface area contributed by atoms with E-state index in [1.807, 2.05) is 75.4 Å². The molecule has 48 heavy (non-hydrogen) atoms. The van der Waals surface area contributed by atoms with E-state index < -0.39 is 28.5 Å². The number of nitrogens with one attached hydrogen (secondary N) is 1. The minimum atomic E-state index is -4.32. The average molecular weight is 737 g/mol. The molecule has 0 aromatic heterocycles. The van der Waals surface area contributed by atoms with Crippen LogP contribution in [0.5, 0.6) is 11.5 Å². The third-order valence-corrected chi connectivity index (χ3v) is 10.3. The molecule has 2 amide bonds. The molecule has 0 aliphatic rings. The van der Waals surface area contributed by atoms with Crippen LogP contribution in [0, 0.1) is 6.92 Å². The maximum Gasteiger partial charge on any atom is 0.264 e. The predicted molar refractivity (Wildman–Crippen MR) is 192 cm³/mol. The van der Waals surface area contributed by atoms with E-state index in [1.165, 1.54) is 37.3 Å². The van der Waals surface area contributed by atoms with E-state index in [2.05, 4.69) is 21.2 Å². The molecule has 4 rings (SSSR count). The van der Waals surface area contributed by atoms with Crippen LogP contribution in [0.2, 0.25) is 0 Å². The molecule has 4 aromatic rings. The van der Waals surface area contributed by atoms with Crippen LogP contribution in [0.15, 0.2) is 106 Å². The first kappa shape index (κ1) is 36.5. The Labute approximate surface area is 292 Å². The van der Waals surface area contributed by atoms with Gasteiger partial charge in [-0.2, -0.15) is 0 Å². The molecule has 0 radical (unpaired) electrons. The molecular weight excluding hydrogens is 694 g/mol. The Kier molecular flexibility index (Phi) is 12.7. The zero-order valence-electron chi connectivity index (χ0n) is 27.9. The van der Waals surface area contributed by atoms with Crippen molar-refractivity contribution in [1.29, 1.82) is 0 Å².